The summed E-state index contributed by atoms with van der Waals surface area (Å²) >= 11 is 0. The quantitative estimate of drug-likeness (QED) is 0.879. The second-order valence-corrected chi connectivity index (χ2v) is 5.87. The first-order valence-corrected chi connectivity index (χ1v) is 7.17. The third-order valence-corrected chi connectivity index (χ3v) is 4.55. The van der Waals surface area contributed by atoms with E-state index in [-0.39, 0.29) is 11.1 Å². The molecule has 0 spiro atoms. The summed E-state index contributed by atoms with van der Waals surface area (Å²) in [7, 11) is 2.02. The summed E-state index contributed by atoms with van der Waals surface area (Å²) in [6.45, 7) is 4.19. The highest BCUT2D eigenvalue weighted by molar-refractivity contribution is 5.83. The zero-order valence-electron chi connectivity index (χ0n) is 12.1. The van der Waals surface area contributed by atoms with Crippen molar-refractivity contribution in [1.82, 2.24) is 10.3 Å². The molecule has 2 N–H and O–H groups in total. The predicted octanol–water partition coefficient (Wildman–Crippen LogP) is 2.11. The Morgan fingerprint density at radius 2 is 1.95 bits per heavy atom. The number of piperidine rings is 1. The number of aromatic nitrogens is 1. The van der Waals surface area contributed by atoms with E-state index in [9.17, 15) is 4.79 Å². The van der Waals surface area contributed by atoms with Gasteiger partial charge in [0.2, 0.25) is 0 Å². The molecule has 0 atom stereocenters. The Hall–Kier alpha value is -1.81. The normalized spacial score (nSPS) is 18.4. The van der Waals surface area contributed by atoms with Crippen LogP contribution in [0.3, 0.4) is 0 Å². The van der Waals surface area contributed by atoms with Gasteiger partial charge in [-0.1, -0.05) is 18.2 Å². The van der Waals surface area contributed by atoms with Gasteiger partial charge in [0, 0.05) is 24.0 Å². The van der Waals surface area contributed by atoms with Crippen molar-refractivity contribution >= 4 is 16.6 Å². The molecule has 0 bridgehead atoms. The second-order valence-electron chi connectivity index (χ2n) is 5.87. The van der Waals surface area contributed by atoms with Crippen LogP contribution in [0, 0.1) is 0 Å². The number of fused-ring (bicyclic) bond motifs is 1. The van der Waals surface area contributed by atoms with Gasteiger partial charge in [0.25, 0.3) is 5.56 Å². The van der Waals surface area contributed by atoms with Gasteiger partial charge in [0.05, 0.1) is 0 Å². The molecule has 1 aliphatic heterocycles. The van der Waals surface area contributed by atoms with E-state index >= 15 is 0 Å². The van der Waals surface area contributed by atoms with Crippen LogP contribution in [-0.2, 0) is 0 Å². The smallest absolute Gasteiger partial charge is 0.257 e. The minimum atomic E-state index is 0.0000479. The standard InChI is InChI=1S/C16H21N3O/c1-16(17-2)7-9-19(10-8-16)14-11-12-5-3-4-6-13(12)15(20)18-14/h3-6,11,17H,7-10H2,1-2H3,(H,18,20). The fourth-order valence-electron chi connectivity index (χ4n) is 2.86. The number of benzene rings is 1. The van der Waals surface area contributed by atoms with Crippen LogP contribution in [0.25, 0.3) is 10.8 Å². The number of pyridine rings is 1. The van der Waals surface area contributed by atoms with E-state index < -0.39 is 0 Å². The van der Waals surface area contributed by atoms with E-state index in [1.165, 1.54) is 0 Å². The van der Waals surface area contributed by atoms with Crippen molar-refractivity contribution in [2.24, 2.45) is 0 Å². The molecule has 4 nitrogen and oxygen atoms in total. The first kappa shape index (κ1) is 13.2. The molecule has 2 aromatic rings. The summed E-state index contributed by atoms with van der Waals surface area (Å²) in [5, 5.41) is 5.16. The number of rotatable bonds is 2. The molecule has 20 heavy (non-hydrogen) atoms. The van der Waals surface area contributed by atoms with Crippen molar-refractivity contribution in [3.8, 4) is 0 Å². The maximum atomic E-state index is 12.1. The van der Waals surface area contributed by atoms with Gasteiger partial charge in [-0.25, -0.2) is 0 Å². The molecule has 0 amide bonds. The Bertz CT molecular complexity index is 669. The Morgan fingerprint density at radius 1 is 1.25 bits per heavy atom. The minimum Gasteiger partial charge on any atom is -0.358 e. The number of aromatic amines is 1. The van der Waals surface area contributed by atoms with Crippen molar-refractivity contribution in [3.05, 3.63) is 40.7 Å². The van der Waals surface area contributed by atoms with E-state index in [2.05, 4.69) is 28.2 Å². The number of hydrogen-bond acceptors (Lipinski definition) is 3. The maximum Gasteiger partial charge on any atom is 0.257 e. The lowest BCUT2D eigenvalue weighted by Gasteiger charge is -2.40. The Morgan fingerprint density at radius 3 is 2.65 bits per heavy atom. The monoisotopic (exact) mass is 271 g/mol. The predicted molar refractivity (Wildman–Crippen MR) is 83.5 cm³/mol. The first-order valence-electron chi connectivity index (χ1n) is 7.17. The number of nitrogens with one attached hydrogen (secondary N) is 2. The third-order valence-electron chi connectivity index (χ3n) is 4.55. The fourth-order valence-corrected chi connectivity index (χ4v) is 2.86. The van der Waals surface area contributed by atoms with Gasteiger partial charge in [-0.3, -0.25) is 4.79 Å². The van der Waals surface area contributed by atoms with Crippen molar-refractivity contribution in [2.75, 3.05) is 25.0 Å². The highest BCUT2D eigenvalue weighted by Crippen LogP contribution is 2.25. The van der Waals surface area contributed by atoms with Gasteiger partial charge in [0.1, 0.15) is 5.82 Å². The maximum absolute atomic E-state index is 12.1. The van der Waals surface area contributed by atoms with E-state index in [0.717, 1.165) is 42.5 Å². The SMILES string of the molecule is CNC1(C)CCN(c2cc3ccccc3c(=O)[nH]2)CC1. The molecule has 0 radical (unpaired) electrons. The van der Waals surface area contributed by atoms with Crippen LogP contribution < -0.4 is 15.8 Å². The minimum absolute atomic E-state index is 0.0000479. The topological polar surface area (TPSA) is 48.1 Å². The first-order chi connectivity index (χ1) is 9.61. The lowest BCUT2D eigenvalue weighted by molar-refractivity contribution is 0.304. The summed E-state index contributed by atoms with van der Waals surface area (Å²) in [5.74, 6) is 0.937. The lowest BCUT2D eigenvalue weighted by atomic mass is 9.90. The highest BCUT2D eigenvalue weighted by Gasteiger charge is 2.28. The van der Waals surface area contributed by atoms with Crippen LogP contribution >= 0.6 is 0 Å². The van der Waals surface area contributed by atoms with E-state index in [0.29, 0.717) is 0 Å². The summed E-state index contributed by atoms with van der Waals surface area (Å²) in [6.07, 6.45) is 2.16. The summed E-state index contributed by atoms with van der Waals surface area (Å²) in [6, 6.07) is 9.82. The van der Waals surface area contributed by atoms with E-state index in [4.69, 9.17) is 0 Å². The molecule has 1 fully saturated rings. The zero-order chi connectivity index (χ0) is 14.2. The highest BCUT2D eigenvalue weighted by atomic mass is 16.1. The Kier molecular flexibility index (Phi) is 3.26. The molecule has 1 aromatic carbocycles. The van der Waals surface area contributed by atoms with Crippen LogP contribution in [0.15, 0.2) is 35.1 Å². The number of anilines is 1. The Balaban J connectivity index is 1.90. The average molecular weight is 271 g/mol. The van der Waals surface area contributed by atoms with Crippen molar-refractivity contribution in [1.29, 1.82) is 0 Å². The molecule has 0 aliphatic carbocycles. The molecule has 0 unspecified atom stereocenters. The number of H-pyrrole nitrogens is 1. The van der Waals surface area contributed by atoms with Gasteiger partial charge in [-0.2, -0.15) is 0 Å². The molecule has 4 heteroatoms. The molecule has 1 saturated heterocycles. The van der Waals surface area contributed by atoms with Gasteiger partial charge in [-0.15, -0.1) is 0 Å². The van der Waals surface area contributed by atoms with E-state index in [1.54, 1.807) is 0 Å². The molecule has 3 rings (SSSR count). The van der Waals surface area contributed by atoms with Crippen molar-refractivity contribution in [2.45, 2.75) is 25.3 Å². The number of hydrogen-bond donors (Lipinski definition) is 2. The molecule has 1 aliphatic rings. The van der Waals surface area contributed by atoms with Gasteiger partial charge < -0.3 is 15.2 Å². The van der Waals surface area contributed by atoms with Gasteiger partial charge in [0.15, 0.2) is 0 Å². The van der Waals surface area contributed by atoms with Gasteiger partial charge in [-0.05, 0) is 44.3 Å². The summed E-state index contributed by atoms with van der Waals surface area (Å²) < 4.78 is 0. The van der Waals surface area contributed by atoms with Crippen LogP contribution in [0.4, 0.5) is 5.82 Å². The number of nitrogens with zero attached hydrogens (tertiary/aromatic N) is 1. The molecule has 0 saturated carbocycles. The van der Waals surface area contributed by atoms with Crippen LogP contribution in [-0.4, -0.2) is 30.7 Å². The second kappa shape index (κ2) is 4.94. The van der Waals surface area contributed by atoms with Crippen molar-refractivity contribution in [3.63, 3.8) is 0 Å². The third kappa shape index (κ3) is 2.31. The molecular formula is C16H21N3O. The molecule has 1 aromatic heterocycles. The van der Waals surface area contributed by atoms with Crippen LogP contribution in [0.1, 0.15) is 19.8 Å². The summed E-state index contributed by atoms with van der Waals surface area (Å²) in [5.41, 5.74) is 0.216. The van der Waals surface area contributed by atoms with Crippen LogP contribution in [0.5, 0.6) is 0 Å². The Labute approximate surface area is 118 Å². The molecule has 2 heterocycles. The summed E-state index contributed by atoms with van der Waals surface area (Å²) in [4.78, 5) is 17.4. The van der Waals surface area contributed by atoms with Crippen molar-refractivity contribution < 1.29 is 0 Å². The molecular weight excluding hydrogens is 250 g/mol. The largest absolute Gasteiger partial charge is 0.358 e. The fraction of sp³-hybridized carbons (Fsp3) is 0.438. The zero-order valence-corrected chi connectivity index (χ0v) is 12.1. The van der Waals surface area contributed by atoms with E-state index in [1.807, 2.05) is 31.3 Å². The van der Waals surface area contributed by atoms with Gasteiger partial charge >= 0.3 is 0 Å². The van der Waals surface area contributed by atoms with Crippen LogP contribution in [0.2, 0.25) is 0 Å². The lowest BCUT2D eigenvalue weighted by Crippen LogP contribution is -2.50. The molecule has 106 valence electrons. The average Bonchev–Trinajstić information content (AvgIpc) is 2.48.